The molecule has 2 atom stereocenters. The molecule has 0 spiro atoms. The number of hydrogen-bond donors (Lipinski definition) is 0. The second kappa shape index (κ2) is 10.6. The van der Waals surface area contributed by atoms with Gasteiger partial charge in [0, 0.05) is 0 Å². The van der Waals surface area contributed by atoms with Crippen LogP contribution >= 0.6 is 0 Å². The van der Waals surface area contributed by atoms with Crippen molar-refractivity contribution in [3.8, 4) is 0 Å². The molecule has 1 unspecified atom stereocenters. The van der Waals surface area contributed by atoms with Crippen LogP contribution in [0.3, 0.4) is 0 Å². The Morgan fingerprint density at radius 3 is 1.65 bits per heavy atom. The highest BCUT2D eigenvalue weighted by atomic mass is 19.3. The third-order valence-corrected chi connectivity index (χ3v) is 6.56. The molecule has 0 N–H and O–H groups in total. The van der Waals surface area contributed by atoms with Crippen molar-refractivity contribution in [3.05, 3.63) is 144 Å². The van der Waals surface area contributed by atoms with Gasteiger partial charge in [-0.05, 0) is 28.8 Å². The zero-order valence-electron chi connectivity index (χ0n) is 20.0. The van der Waals surface area contributed by atoms with E-state index in [1.165, 1.54) is 12.1 Å². The number of carbonyl (C=O) groups is 1. The first kappa shape index (κ1) is 24.8. The first-order valence-corrected chi connectivity index (χ1v) is 12.1. The lowest BCUT2D eigenvalue weighted by molar-refractivity contribution is -0.146. The van der Waals surface area contributed by atoms with Crippen LogP contribution in [0.25, 0.3) is 0 Å². The van der Waals surface area contributed by atoms with Gasteiger partial charge in [0.05, 0.1) is 18.8 Å². The van der Waals surface area contributed by atoms with Gasteiger partial charge in [0.2, 0.25) is 0 Å². The van der Waals surface area contributed by atoms with Crippen LogP contribution < -0.4 is 0 Å². The van der Waals surface area contributed by atoms with Crippen molar-refractivity contribution in [2.24, 2.45) is 0 Å². The zero-order chi connectivity index (χ0) is 25.7. The maximum absolute atomic E-state index is 15.4. The van der Waals surface area contributed by atoms with Crippen molar-refractivity contribution in [3.63, 3.8) is 0 Å². The highest BCUT2D eigenvalue weighted by Gasteiger charge is 2.57. The summed E-state index contributed by atoms with van der Waals surface area (Å²) >= 11 is 0. The number of esters is 1. The van der Waals surface area contributed by atoms with Crippen LogP contribution in [0.4, 0.5) is 8.78 Å². The van der Waals surface area contributed by atoms with Gasteiger partial charge in [-0.2, -0.15) is 8.78 Å². The molecule has 1 fully saturated rings. The Bertz CT molecular complexity index is 1200. The van der Waals surface area contributed by atoms with Gasteiger partial charge < -0.3 is 14.2 Å². The molecule has 1 aliphatic rings. The van der Waals surface area contributed by atoms with Crippen molar-refractivity contribution in [2.75, 3.05) is 13.2 Å². The molecular weight excluding hydrogens is 474 g/mol. The van der Waals surface area contributed by atoms with Crippen molar-refractivity contribution in [1.29, 1.82) is 0 Å². The van der Waals surface area contributed by atoms with Gasteiger partial charge in [0.15, 0.2) is 6.10 Å². The fourth-order valence-electron chi connectivity index (χ4n) is 4.65. The average Bonchev–Trinajstić information content (AvgIpc) is 3.23. The minimum atomic E-state index is -3.44. The second-order valence-corrected chi connectivity index (χ2v) is 8.85. The lowest BCUT2D eigenvalue weighted by Gasteiger charge is -2.37. The van der Waals surface area contributed by atoms with Crippen molar-refractivity contribution in [1.82, 2.24) is 0 Å². The predicted molar refractivity (Wildman–Crippen MR) is 135 cm³/mol. The van der Waals surface area contributed by atoms with Crippen molar-refractivity contribution in [2.45, 2.75) is 23.7 Å². The van der Waals surface area contributed by atoms with Crippen LogP contribution in [0.15, 0.2) is 121 Å². The van der Waals surface area contributed by atoms with E-state index in [9.17, 15) is 4.79 Å². The van der Waals surface area contributed by atoms with Crippen molar-refractivity contribution >= 4 is 5.97 Å². The van der Waals surface area contributed by atoms with Gasteiger partial charge in [0.1, 0.15) is 11.7 Å². The molecule has 6 heteroatoms. The summed E-state index contributed by atoms with van der Waals surface area (Å²) < 4.78 is 48.0. The minimum Gasteiger partial charge on any atom is -0.450 e. The monoisotopic (exact) mass is 500 g/mol. The average molecular weight is 501 g/mol. The second-order valence-electron chi connectivity index (χ2n) is 8.85. The quantitative estimate of drug-likeness (QED) is 0.212. The molecule has 1 saturated heterocycles. The molecule has 0 aromatic heterocycles. The maximum atomic E-state index is 15.4. The van der Waals surface area contributed by atoms with Crippen LogP contribution in [0.5, 0.6) is 0 Å². The first-order chi connectivity index (χ1) is 18.0. The van der Waals surface area contributed by atoms with E-state index in [1.807, 2.05) is 91.0 Å². The standard InChI is InChI=1S/C31H26F2O4/c32-31(33)27(35-21-28(31)37-29(34)23-13-5-1-6-14-23)22-36-30(24-15-7-2-8-16-24,25-17-9-3-10-18-25)26-19-11-4-12-20-26/h1-20,27-28H,21-22H2/t27?,28-/m1/s1. The molecular formula is C31H26F2O4. The molecule has 4 aromatic rings. The molecule has 0 bridgehead atoms. The van der Waals surface area contributed by atoms with Gasteiger partial charge in [-0.1, -0.05) is 109 Å². The smallest absolute Gasteiger partial charge is 0.338 e. The van der Waals surface area contributed by atoms with Crippen molar-refractivity contribution < 1.29 is 27.8 Å². The van der Waals surface area contributed by atoms with Crippen LogP contribution in [0.2, 0.25) is 0 Å². The largest absolute Gasteiger partial charge is 0.450 e. The highest BCUT2D eigenvalue weighted by molar-refractivity contribution is 5.89. The maximum Gasteiger partial charge on any atom is 0.338 e. The molecule has 4 nitrogen and oxygen atoms in total. The van der Waals surface area contributed by atoms with Gasteiger partial charge in [-0.3, -0.25) is 0 Å². The topological polar surface area (TPSA) is 44.8 Å². The molecule has 4 aromatic carbocycles. The molecule has 1 heterocycles. The lowest BCUT2D eigenvalue weighted by Crippen LogP contribution is -2.45. The SMILES string of the molecule is O=C(O[C@@H]1COC(COC(c2ccccc2)(c2ccccc2)c2ccccc2)C1(F)F)c1ccccc1. The Kier molecular flexibility index (Phi) is 7.12. The third-order valence-electron chi connectivity index (χ3n) is 6.56. The first-order valence-electron chi connectivity index (χ1n) is 12.1. The van der Waals surface area contributed by atoms with Gasteiger partial charge in [0.25, 0.3) is 0 Å². The molecule has 1 aliphatic heterocycles. The summed E-state index contributed by atoms with van der Waals surface area (Å²) in [4.78, 5) is 12.4. The summed E-state index contributed by atoms with van der Waals surface area (Å²) in [7, 11) is 0. The summed E-state index contributed by atoms with van der Waals surface area (Å²) in [5.41, 5.74) is 1.42. The summed E-state index contributed by atoms with van der Waals surface area (Å²) in [5, 5.41) is 0. The lowest BCUT2D eigenvalue weighted by atomic mass is 9.80. The summed E-state index contributed by atoms with van der Waals surface area (Å²) in [5.74, 6) is -4.26. The molecule has 37 heavy (non-hydrogen) atoms. The number of hydrogen-bond acceptors (Lipinski definition) is 4. The Hall–Kier alpha value is -3.87. The Morgan fingerprint density at radius 2 is 1.19 bits per heavy atom. The van der Waals surface area contributed by atoms with E-state index in [4.69, 9.17) is 14.2 Å². The number of alkyl halides is 2. The number of carbonyl (C=O) groups excluding carboxylic acids is 1. The molecule has 188 valence electrons. The van der Waals surface area contributed by atoms with E-state index >= 15 is 8.78 Å². The third kappa shape index (κ3) is 4.90. The normalized spacial score (nSPS) is 18.9. The Morgan fingerprint density at radius 1 is 0.757 bits per heavy atom. The number of halogens is 2. The molecule has 0 radical (unpaired) electrons. The molecule has 5 rings (SSSR count). The van der Waals surface area contributed by atoms with Crippen LogP contribution in [-0.4, -0.2) is 37.3 Å². The van der Waals surface area contributed by atoms with Gasteiger partial charge >= 0.3 is 11.9 Å². The summed E-state index contributed by atoms with van der Waals surface area (Å²) in [6, 6.07) is 36.6. The van der Waals surface area contributed by atoms with Crippen LogP contribution in [0, 0.1) is 0 Å². The molecule has 0 amide bonds. The van der Waals surface area contributed by atoms with Gasteiger partial charge in [-0.25, -0.2) is 4.79 Å². The van der Waals surface area contributed by atoms with E-state index in [-0.39, 0.29) is 5.56 Å². The van der Waals surface area contributed by atoms with E-state index in [0.29, 0.717) is 0 Å². The molecule has 0 saturated carbocycles. The van der Waals surface area contributed by atoms with Crippen LogP contribution in [0.1, 0.15) is 27.0 Å². The zero-order valence-corrected chi connectivity index (χ0v) is 20.0. The fraction of sp³-hybridized carbons (Fsp3) is 0.194. The van der Waals surface area contributed by atoms with E-state index in [0.717, 1.165) is 16.7 Å². The Balaban J connectivity index is 1.44. The van der Waals surface area contributed by atoms with E-state index in [1.54, 1.807) is 18.2 Å². The highest BCUT2D eigenvalue weighted by Crippen LogP contribution is 2.42. The van der Waals surface area contributed by atoms with E-state index < -0.39 is 42.9 Å². The fourth-order valence-corrected chi connectivity index (χ4v) is 4.65. The number of benzene rings is 4. The number of ether oxygens (including phenoxy) is 3. The van der Waals surface area contributed by atoms with E-state index in [2.05, 4.69) is 0 Å². The molecule has 0 aliphatic carbocycles. The predicted octanol–water partition coefficient (Wildman–Crippen LogP) is 6.25. The van der Waals surface area contributed by atoms with Crippen LogP contribution in [-0.2, 0) is 19.8 Å². The summed E-state index contributed by atoms with van der Waals surface area (Å²) in [6.07, 6.45) is -3.31. The summed E-state index contributed by atoms with van der Waals surface area (Å²) in [6.45, 7) is -0.848. The Labute approximate surface area is 214 Å². The van der Waals surface area contributed by atoms with Gasteiger partial charge in [-0.15, -0.1) is 0 Å². The number of rotatable bonds is 8. The minimum absolute atomic E-state index is 0.203.